The third-order valence-electron chi connectivity index (χ3n) is 5.39. The van der Waals surface area contributed by atoms with Crippen LogP contribution in [0.25, 0.3) is 0 Å². The molecule has 0 radical (unpaired) electrons. The maximum absolute atomic E-state index is 5.70. The lowest BCUT2D eigenvalue weighted by molar-refractivity contribution is 0.753. The minimum absolute atomic E-state index is 0.247. The molecule has 0 heteroatoms. The third kappa shape index (κ3) is 1.51. The molecule has 0 spiro atoms. The highest BCUT2D eigenvalue weighted by Gasteiger charge is 2.41. The summed E-state index contributed by atoms with van der Waals surface area (Å²) < 4.78 is 0. The molecule has 0 saturated heterocycles. The van der Waals surface area contributed by atoms with E-state index in [1.165, 1.54) is 33.4 Å². The second-order valence-electron chi connectivity index (χ2n) is 6.44. The second-order valence-corrected chi connectivity index (χ2v) is 6.44. The Bertz CT molecular complexity index is 951. The highest BCUT2D eigenvalue weighted by molar-refractivity contribution is 5.70. The fraction of sp³-hybridized carbons (Fsp3) is 0.0833. The van der Waals surface area contributed by atoms with E-state index in [0.717, 1.165) is 11.1 Å². The highest BCUT2D eigenvalue weighted by atomic mass is 14.4. The van der Waals surface area contributed by atoms with Crippen molar-refractivity contribution < 1.29 is 0 Å². The molecule has 3 aliphatic rings. The van der Waals surface area contributed by atoms with E-state index in [1.54, 1.807) is 0 Å². The summed E-state index contributed by atoms with van der Waals surface area (Å²) in [4.78, 5) is 0. The van der Waals surface area contributed by atoms with Gasteiger partial charge in [0.1, 0.15) is 0 Å². The molecule has 0 aromatic heterocycles. The molecule has 24 heavy (non-hydrogen) atoms. The van der Waals surface area contributed by atoms with Crippen LogP contribution >= 0.6 is 0 Å². The third-order valence-corrected chi connectivity index (χ3v) is 5.39. The van der Waals surface area contributed by atoms with Gasteiger partial charge >= 0.3 is 0 Å². The monoisotopic (exact) mass is 302 g/mol. The van der Waals surface area contributed by atoms with Crippen LogP contribution in [0.5, 0.6) is 0 Å². The molecule has 0 atom stereocenters. The van der Waals surface area contributed by atoms with Crippen molar-refractivity contribution in [2.24, 2.45) is 0 Å². The van der Waals surface area contributed by atoms with Crippen molar-refractivity contribution in [2.75, 3.05) is 0 Å². The van der Waals surface area contributed by atoms with Crippen LogP contribution in [0.2, 0.25) is 0 Å². The first-order chi connectivity index (χ1) is 11.8. The molecule has 0 saturated carbocycles. The molecule has 0 nitrogen and oxygen atoms in total. The fourth-order valence-electron chi connectivity index (χ4n) is 4.45. The highest BCUT2D eigenvalue weighted by Crippen LogP contribution is 2.55. The Hall–Kier alpha value is -3.22. The molecule has 3 aliphatic carbocycles. The van der Waals surface area contributed by atoms with Gasteiger partial charge in [-0.1, -0.05) is 60.4 Å². The molecule has 3 aromatic carbocycles. The van der Waals surface area contributed by atoms with E-state index in [2.05, 4.69) is 72.5 Å². The van der Waals surface area contributed by atoms with E-state index >= 15 is 0 Å². The maximum atomic E-state index is 5.70. The first-order valence-corrected chi connectivity index (χ1v) is 8.12. The summed E-state index contributed by atoms with van der Waals surface area (Å²) in [5.41, 5.74) is 9.83. The minimum atomic E-state index is 0.247. The van der Waals surface area contributed by atoms with Crippen molar-refractivity contribution in [1.29, 1.82) is 0 Å². The van der Waals surface area contributed by atoms with Gasteiger partial charge in [-0.25, -0.2) is 0 Å². The molecule has 0 amide bonds. The van der Waals surface area contributed by atoms with E-state index in [0.29, 0.717) is 0 Å². The molecule has 3 aromatic rings. The summed E-state index contributed by atoms with van der Waals surface area (Å²) in [5, 5.41) is 0. The van der Waals surface area contributed by atoms with E-state index < -0.39 is 0 Å². The van der Waals surface area contributed by atoms with Crippen LogP contribution in [0.1, 0.15) is 56.3 Å². The Morgan fingerprint density at radius 1 is 0.542 bits per heavy atom. The first-order valence-electron chi connectivity index (χ1n) is 8.12. The molecule has 0 heterocycles. The largest absolute Gasteiger partial charge is 0.115 e. The Balaban J connectivity index is 1.90. The Labute approximate surface area is 142 Å². The van der Waals surface area contributed by atoms with Crippen LogP contribution in [-0.2, 0) is 0 Å². The van der Waals surface area contributed by atoms with E-state index in [4.69, 9.17) is 12.8 Å². The van der Waals surface area contributed by atoms with Crippen LogP contribution in [0.15, 0.2) is 60.7 Å². The van der Waals surface area contributed by atoms with Gasteiger partial charge in [-0.2, -0.15) is 0 Å². The zero-order valence-corrected chi connectivity index (χ0v) is 13.1. The van der Waals surface area contributed by atoms with Crippen LogP contribution < -0.4 is 0 Å². The molecular weight excluding hydrogens is 288 g/mol. The maximum Gasteiger partial charge on any atom is 0.0402 e. The number of rotatable bonds is 0. The Morgan fingerprint density at radius 3 is 1.17 bits per heavy atom. The smallest absolute Gasteiger partial charge is 0.0402 e. The zero-order valence-electron chi connectivity index (χ0n) is 13.1. The number of hydrogen-bond donors (Lipinski definition) is 0. The van der Waals surface area contributed by atoms with Gasteiger partial charge in [-0.05, 0) is 45.5 Å². The first kappa shape index (κ1) is 13.2. The Kier molecular flexibility index (Phi) is 2.56. The molecule has 6 rings (SSSR count). The quantitative estimate of drug-likeness (QED) is 0.366. The predicted molar refractivity (Wildman–Crippen MR) is 97.1 cm³/mol. The standard InChI is InChI=1S/C24H14/c1-3-15-13-21-22(14-16(15)4-2)24-19-11-7-5-9-17(19)23(21)18-10-6-8-12-20(18)24/h1-2,5-14,23-24H. The zero-order chi connectivity index (χ0) is 16.3. The van der Waals surface area contributed by atoms with Crippen LogP contribution in [0.3, 0.4) is 0 Å². The van der Waals surface area contributed by atoms with Crippen LogP contribution in [0, 0.1) is 24.7 Å². The van der Waals surface area contributed by atoms with Crippen molar-refractivity contribution in [3.8, 4) is 24.7 Å². The summed E-state index contributed by atoms with van der Waals surface area (Å²) in [6.45, 7) is 0. The van der Waals surface area contributed by atoms with Crippen molar-refractivity contribution in [3.05, 3.63) is 105 Å². The van der Waals surface area contributed by atoms with Gasteiger partial charge < -0.3 is 0 Å². The van der Waals surface area contributed by atoms with Gasteiger partial charge in [-0.3, -0.25) is 0 Å². The molecular formula is C24H14. The SMILES string of the molecule is C#Cc1cc2c(cc1C#C)C1c3ccccc3C2c2ccccc21. The molecule has 0 N–H and O–H groups in total. The summed E-state index contributed by atoms with van der Waals surface area (Å²) >= 11 is 0. The van der Waals surface area contributed by atoms with Crippen molar-refractivity contribution in [3.63, 3.8) is 0 Å². The number of hydrogen-bond acceptors (Lipinski definition) is 0. The van der Waals surface area contributed by atoms with E-state index in [-0.39, 0.29) is 11.8 Å². The van der Waals surface area contributed by atoms with Crippen LogP contribution in [0.4, 0.5) is 0 Å². The van der Waals surface area contributed by atoms with Gasteiger partial charge in [0.2, 0.25) is 0 Å². The summed E-state index contributed by atoms with van der Waals surface area (Å²) in [6.07, 6.45) is 11.4. The molecule has 0 fully saturated rings. The van der Waals surface area contributed by atoms with Gasteiger partial charge in [0, 0.05) is 23.0 Å². The number of benzene rings is 3. The van der Waals surface area contributed by atoms with Crippen molar-refractivity contribution >= 4 is 0 Å². The molecule has 0 aliphatic heterocycles. The second kappa shape index (κ2) is 4.64. The molecule has 0 unspecified atom stereocenters. The summed E-state index contributed by atoms with van der Waals surface area (Å²) in [5.74, 6) is 6.02. The lowest BCUT2D eigenvalue weighted by atomic mass is 9.60. The predicted octanol–water partition coefficient (Wildman–Crippen LogP) is 4.64. The van der Waals surface area contributed by atoms with Crippen molar-refractivity contribution in [2.45, 2.75) is 11.8 Å². The average Bonchev–Trinajstić information content (AvgIpc) is 2.66. The van der Waals surface area contributed by atoms with Crippen molar-refractivity contribution in [1.82, 2.24) is 0 Å². The number of terminal acetylenes is 2. The van der Waals surface area contributed by atoms with E-state index in [1.807, 2.05) is 0 Å². The van der Waals surface area contributed by atoms with Gasteiger partial charge in [0.05, 0.1) is 0 Å². The average molecular weight is 302 g/mol. The van der Waals surface area contributed by atoms with Gasteiger partial charge in [0.25, 0.3) is 0 Å². The van der Waals surface area contributed by atoms with E-state index in [9.17, 15) is 0 Å². The lowest BCUT2D eigenvalue weighted by Gasteiger charge is -2.42. The minimum Gasteiger partial charge on any atom is -0.115 e. The van der Waals surface area contributed by atoms with Gasteiger partial charge in [-0.15, -0.1) is 12.8 Å². The topological polar surface area (TPSA) is 0 Å². The molecule has 2 bridgehead atoms. The molecule has 110 valence electrons. The Morgan fingerprint density at radius 2 is 0.875 bits per heavy atom. The summed E-state index contributed by atoms with van der Waals surface area (Å²) in [6, 6.07) is 21.8. The van der Waals surface area contributed by atoms with Gasteiger partial charge in [0.15, 0.2) is 0 Å². The fourth-order valence-corrected chi connectivity index (χ4v) is 4.45. The lowest BCUT2D eigenvalue weighted by Crippen LogP contribution is -2.27. The normalized spacial score (nSPS) is 18.8. The van der Waals surface area contributed by atoms with Crippen LogP contribution in [-0.4, -0.2) is 0 Å². The summed E-state index contributed by atoms with van der Waals surface area (Å²) in [7, 11) is 0.